The highest BCUT2D eigenvalue weighted by Crippen LogP contribution is 2.30. The van der Waals surface area contributed by atoms with E-state index in [1.807, 2.05) is 39.0 Å². The van der Waals surface area contributed by atoms with Crippen LogP contribution in [0, 0.1) is 32.1 Å². The summed E-state index contributed by atoms with van der Waals surface area (Å²) < 4.78 is 3.95. The van der Waals surface area contributed by atoms with E-state index in [9.17, 15) is 4.79 Å². The van der Waals surface area contributed by atoms with E-state index in [0.717, 1.165) is 33.9 Å². The van der Waals surface area contributed by atoms with Gasteiger partial charge in [-0.3, -0.25) is 4.79 Å². The van der Waals surface area contributed by atoms with Gasteiger partial charge in [0, 0.05) is 12.7 Å². The van der Waals surface area contributed by atoms with Crippen molar-refractivity contribution in [2.75, 3.05) is 23.8 Å². The second-order valence-electron chi connectivity index (χ2n) is 5.44. The van der Waals surface area contributed by atoms with Gasteiger partial charge < -0.3 is 10.2 Å². The van der Waals surface area contributed by atoms with Crippen LogP contribution in [0.4, 0.5) is 10.7 Å². The predicted molar refractivity (Wildman–Crippen MR) is 94.4 cm³/mol. The number of nitrogens with zero attached hydrogens (tertiary/aromatic N) is 3. The van der Waals surface area contributed by atoms with E-state index >= 15 is 0 Å². The fourth-order valence-electron chi connectivity index (χ4n) is 2.46. The highest BCUT2D eigenvalue weighted by Gasteiger charge is 2.18. The number of hydrogen-bond donors (Lipinski definition) is 1. The van der Waals surface area contributed by atoms with Crippen molar-refractivity contribution in [2.45, 2.75) is 20.8 Å². The molecule has 0 unspecified atom stereocenters. The van der Waals surface area contributed by atoms with Gasteiger partial charge in [-0.2, -0.15) is 9.64 Å². The minimum Gasteiger partial charge on any atom is -0.355 e. The van der Waals surface area contributed by atoms with Crippen LogP contribution in [0.1, 0.15) is 22.3 Å². The molecule has 1 heterocycles. The smallest absolute Gasteiger partial charge is 0.243 e. The fourth-order valence-corrected chi connectivity index (χ4v) is 3.45. The summed E-state index contributed by atoms with van der Waals surface area (Å²) in [5.74, 6) is -0.157. The highest BCUT2D eigenvalue weighted by molar-refractivity contribution is 7.10. The minimum absolute atomic E-state index is 0.111. The normalized spacial score (nSPS) is 10.3. The molecular formula is C16H17ClN4OS. The molecule has 1 N–H and O–H groups in total. The number of hydrogen-bond acceptors (Lipinski definition) is 5. The molecule has 0 atom stereocenters. The number of halogens is 1. The van der Waals surface area contributed by atoms with Gasteiger partial charge in [-0.1, -0.05) is 29.3 Å². The first-order valence-electron chi connectivity index (χ1n) is 6.97. The zero-order valence-corrected chi connectivity index (χ0v) is 15.0. The van der Waals surface area contributed by atoms with Gasteiger partial charge in [0.2, 0.25) is 5.91 Å². The van der Waals surface area contributed by atoms with Crippen LogP contribution in [-0.4, -0.2) is 23.9 Å². The molecule has 0 spiro atoms. The summed E-state index contributed by atoms with van der Waals surface area (Å²) in [6.45, 7) is 6.07. The third-order valence-electron chi connectivity index (χ3n) is 3.41. The van der Waals surface area contributed by atoms with Crippen molar-refractivity contribution in [3.63, 3.8) is 0 Å². The fraction of sp³-hybridized carbons (Fsp3) is 0.312. The van der Waals surface area contributed by atoms with Crippen molar-refractivity contribution in [1.29, 1.82) is 5.26 Å². The number of aryl methyl sites for hydroxylation is 3. The summed E-state index contributed by atoms with van der Waals surface area (Å²) in [4.78, 5) is 14.0. The Hall–Kier alpha value is -2.10. The topological polar surface area (TPSA) is 69.0 Å². The molecule has 0 saturated heterocycles. The van der Waals surface area contributed by atoms with E-state index in [4.69, 9.17) is 16.9 Å². The standard InChI is InChI=1S/C16H17ClN4OS/c1-9-5-10(2)14(11(3)6-9)19-13(22)8-21(4)16-12(7-18)15(17)20-23-16/h5-6H,8H2,1-4H3,(H,19,22). The second-order valence-corrected chi connectivity index (χ2v) is 6.55. The Balaban J connectivity index is 2.13. The summed E-state index contributed by atoms with van der Waals surface area (Å²) in [5, 5.41) is 12.8. The lowest BCUT2D eigenvalue weighted by Crippen LogP contribution is -2.30. The van der Waals surface area contributed by atoms with E-state index in [-0.39, 0.29) is 17.6 Å². The molecule has 0 fully saturated rings. The molecule has 0 saturated carbocycles. The molecule has 1 amide bonds. The lowest BCUT2D eigenvalue weighted by molar-refractivity contribution is -0.114. The molecule has 0 radical (unpaired) electrons. The van der Waals surface area contributed by atoms with Gasteiger partial charge in [0.25, 0.3) is 0 Å². The quantitative estimate of drug-likeness (QED) is 0.915. The Labute approximate surface area is 144 Å². The number of carbonyl (C=O) groups excluding carboxylic acids is 1. The lowest BCUT2D eigenvalue weighted by atomic mass is 10.1. The number of nitrogens with one attached hydrogen (secondary N) is 1. The zero-order chi connectivity index (χ0) is 17.1. The van der Waals surface area contributed by atoms with E-state index in [1.165, 1.54) is 0 Å². The van der Waals surface area contributed by atoms with Crippen LogP contribution in [0.15, 0.2) is 12.1 Å². The summed E-state index contributed by atoms with van der Waals surface area (Å²) >= 11 is 6.97. The molecule has 0 aliphatic rings. The number of aromatic nitrogens is 1. The molecule has 0 aliphatic carbocycles. The van der Waals surface area contributed by atoms with Crippen molar-refractivity contribution in [3.8, 4) is 6.07 Å². The predicted octanol–water partition coefficient (Wildman–Crippen LogP) is 3.67. The van der Waals surface area contributed by atoms with Crippen molar-refractivity contribution >= 4 is 39.7 Å². The van der Waals surface area contributed by atoms with E-state index < -0.39 is 0 Å². The van der Waals surface area contributed by atoms with Crippen molar-refractivity contribution in [1.82, 2.24) is 4.37 Å². The maximum absolute atomic E-state index is 12.3. The number of nitriles is 1. The molecule has 5 nitrogen and oxygen atoms in total. The van der Waals surface area contributed by atoms with Crippen LogP contribution in [0.2, 0.25) is 5.15 Å². The van der Waals surface area contributed by atoms with Crippen molar-refractivity contribution < 1.29 is 4.79 Å². The average molecular weight is 349 g/mol. The van der Waals surface area contributed by atoms with Crippen LogP contribution in [0.3, 0.4) is 0 Å². The van der Waals surface area contributed by atoms with Crippen LogP contribution in [-0.2, 0) is 4.79 Å². The first-order chi connectivity index (χ1) is 10.8. The van der Waals surface area contributed by atoms with Crippen molar-refractivity contribution in [2.24, 2.45) is 0 Å². The van der Waals surface area contributed by atoms with Crippen LogP contribution < -0.4 is 10.2 Å². The van der Waals surface area contributed by atoms with Gasteiger partial charge in [0.05, 0.1) is 6.54 Å². The molecule has 23 heavy (non-hydrogen) atoms. The third-order valence-corrected chi connectivity index (χ3v) is 4.75. The van der Waals surface area contributed by atoms with Crippen LogP contribution in [0.5, 0.6) is 0 Å². The molecule has 1 aromatic carbocycles. The van der Waals surface area contributed by atoms with Gasteiger partial charge in [-0.25, -0.2) is 0 Å². The van der Waals surface area contributed by atoms with Gasteiger partial charge in [0.15, 0.2) is 5.15 Å². The molecule has 120 valence electrons. The maximum Gasteiger partial charge on any atom is 0.243 e. The van der Waals surface area contributed by atoms with Gasteiger partial charge in [0.1, 0.15) is 16.6 Å². The largest absolute Gasteiger partial charge is 0.355 e. The molecule has 7 heteroatoms. The van der Waals surface area contributed by atoms with Crippen LogP contribution >= 0.6 is 23.1 Å². The number of likely N-dealkylation sites (N-methyl/N-ethyl adjacent to an activating group) is 1. The second kappa shape index (κ2) is 6.99. The Morgan fingerprint density at radius 3 is 2.57 bits per heavy atom. The molecule has 2 rings (SSSR count). The molecule has 1 aromatic heterocycles. The Morgan fingerprint density at radius 1 is 1.39 bits per heavy atom. The summed E-state index contributed by atoms with van der Waals surface area (Å²) in [7, 11) is 1.74. The molecule has 0 bridgehead atoms. The number of carbonyl (C=O) groups is 1. The third kappa shape index (κ3) is 3.81. The Morgan fingerprint density at radius 2 is 2.00 bits per heavy atom. The monoisotopic (exact) mass is 348 g/mol. The van der Waals surface area contributed by atoms with Gasteiger partial charge >= 0.3 is 0 Å². The summed E-state index contributed by atoms with van der Waals surface area (Å²) in [6.07, 6.45) is 0. The average Bonchev–Trinajstić information content (AvgIpc) is 2.83. The SMILES string of the molecule is Cc1cc(C)c(NC(=O)CN(C)c2snc(Cl)c2C#N)c(C)c1. The maximum atomic E-state index is 12.3. The minimum atomic E-state index is -0.157. The first kappa shape index (κ1) is 17.3. The van der Waals surface area contributed by atoms with E-state index in [1.54, 1.807) is 11.9 Å². The van der Waals surface area contributed by atoms with Gasteiger partial charge in [-0.15, -0.1) is 0 Å². The summed E-state index contributed by atoms with van der Waals surface area (Å²) in [6, 6.07) is 6.08. The Kier molecular flexibility index (Phi) is 5.24. The van der Waals surface area contributed by atoms with Gasteiger partial charge in [-0.05, 0) is 43.4 Å². The summed E-state index contributed by atoms with van der Waals surface area (Å²) in [5.41, 5.74) is 4.34. The molecule has 2 aromatic rings. The van der Waals surface area contributed by atoms with E-state index in [2.05, 4.69) is 9.69 Å². The first-order valence-corrected chi connectivity index (χ1v) is 8.12. The highest BCUT2D eigenvalue weighted by atomic mass is 35.5. The number of amides is 1. The Bertz CT molecular complexity index is 771. The number of anilines is 2. The molecular weight excluding hydrogens is 332 g/mol. The number of benzene rings is 1. The van der Waals surface area contributed by atoms with Crippen molar-refractivity contribution in [3.05, 3.63) is 39.5 Å². The zero-order valence-electron chi connectivity index (χ0n) is 13.4. The number of rotatable bonds is 4. The van der Waals surface area contributed by atoms with E-state index in [0.29, 0.717) is 10.6 Å². The van der Waals surface area contributed by atoms with Crippen LogP contribution in [0.25, 0.3) is 0 Å². The molecule has 0 aliphatic heterocycles. The lowest BCUT2D eigenvalue weighted by Gasteiger charge is -2.18.